The number of carbonyl (C=O) groups is 3. The van der Waals surface area contributed by atoms with Crippen molar-refractivity contribution >= 4 is 62.6 Å². The van der Waals surface area contributed by atoms with Gasteiger partial charge >= 0.3 is 0 Å². The van der Waals surface area contributed by atoms with Crippen molar-refractivity contribution in [2.75, 3.05) is 78.5 Å². The Morgan fingerprint density at radius 1 is 0.575 bits per heavy atom. The molecule has 73 heavy (non-hydrogen) atoms. The van der Waals surface area contributed by atoms with Gasteiger partial charge in [0.05, 0.1) is 23.1 Å². The Morgan fingerprint density at radius 3 is 1.47 bits per heavy atom. The van der Waals surface area contributed by atoms with Crippen molar-refractivity contribution in [2.45, 2.75) is 46.3 Å². The molecule has 2 aliphatic rings. The van der Waals surface area contributed by atoms with E-state index >= 15 is 0 Å². The molecule has 2 amide bonds. The first kappa shape index (κ1) is 52.9. The molecule has 0 saturated carbocycles. The Bertz CT molecular complexity index is 2950. The number of carbonyl (C=O) groups excluding carboxylic acids is 3. The number of hydrogen-bond acceptors (Lipinski definition) is 11. The lowest BCUT2D eigenvalue weighted by atomic mass is 9.93. The number of amides is 2. The summed E-state index contributed by atoms with van der Waals surface area (Å²) in [6, 6.07) is 41.8. The molecule has 2 saturated heterocycles. The Morgan fingerprint density at radius 2 is 1.04 bits per heavy atom. The minimum absolute atomic E-state index is 0.0875. The number of piperazine rings is 2. The maximum absolute atomic E-state index is 12.9. The smallest absolute Gasteiger partial charge is 0.253 e. The Hall–Kier alpha value is -6.45. The lowest BCUT2D eigenvalue weighted by molar-refractivity contribution is 0.0765. The van der Waals surface area contributed by atoms with Crippen LogP contribution < -0.4 is 5.32 Å². The first-order valence-electron chi connectivity index (χ1n) is 25.7. The molecular weight excluding hydrogens is 945 g/mol. The molecular formula is C60H68N8O3S2. The highest BCUT2D eigenvalue weighted by molar-refractivity contribution is 7.08. The molecule has 4 aromatic carbocycles. The average Bonchev–Trinajstić information content (AvgIpc) is 4.19. The summed E-state index contributed by atoms with van der Waals surface area (Å²) in [6.45, 7) is 19.9. The van der Waals surface area contributed by atoms with Crippen LogP contribution in [0.25, 0.3) is 21.8 Å². The fourth-order valence-corrected chi connectivity index (χ4v) is 11.2. The Kier molecular flexibility index (Phi) is 19.2. The molecule has 6 heterocycles. The van der Waals surface area contributed by atoms with Crippen LogP contribution in [0.5, 0.6) is 0 Å². The van der Waals surface area contributed by atoms with E-state index in [-0.39, 0.29) is 23.9 Å². The van der Waals surface area contributed by atoms with E-state index in [9.17, 15) is 14.4 Å². The monoisotopic (exact) mass is 1010 g/mol. The zero-order valence-electron chi connectivity index (χ0n) is 42.6. The maximum atomic E-state index is 12.9. The summed E-state index contributed by atoms with van der Waals surface area (Å²) in [4.78, 5) is 56.4. The van der Waals surface area contributed by atoms with Gasteiger partial charge in [-0.3, -0.25) is 39.1 Å². The Balaban J connectivity index is 0.000000174. The highest BCUT2D eigenvalue weighted by Gasteiger charge is 2.29. The molecule has 0 spiro atoms. The average molecular weight is 1010 g/mol. The third-order valence-electron chi connectivity index (χ3n) is 13.9. The van der Waals surface area contributed by atoms with Crippen LogP contribution in [0.15, 0.2) is 155 Å². The molecule has 2 fully saturated rings. The van der Waals surface area contributed by atoms with Gasteiger partial charge in [-0.1, -0.05) is 72.8 Å². The predicted octanol–water partition coefficient (Wildman–Crippen LogP) is 11.0. The van der Waals surface area contributed by atoms with E-state index < -0.39 is 0 Å². The van der Waals surface area contributed by atoms with Crippen LogP contribution >= 0.6 is 22.7 Å². The van der Waals surface area contributed by atoms with Gasteiger partial charge in [0.15, 0.2) is 6.29 Å². The second kappa shape index (κ2) is 26.5. The number of nitrogens with zero attached hydrogens (tertiary/aromatic N) is 7. The maximum Gasteiger partial charge on any atom is 0.253 e. The van der Waals surface area contributed by atoms with Gasteiger partial charge < -0.3 is 15.1 Å². The number of aldehydes is 1. The number of benzene rings is 4. The summed E-state index contributed by atoms with van der Waals surface area (Å²) < 4.78 is 0. The molecule has 0 bridgehead atoms. The molecule has 10 rings (SSSR count). The summed E-state index contributed by atoms with van der Waals surface area (Å²) in [6.07, 6.45) is 4.59. The largest absolute Gasteiger partial charge is 0.339 e. The van der Waals surface area contributed by atoms with E-state index in [1.54, 1.807) is 17.4 Å². The van der Waals surface area contributed by atoms with Gasteiger partial charge in [0.25, 0.3) is 11.8 Å². The summed E-state index contributed by atoms with van der Waals surface area (Å²) in [5.74, 6) is 0.189. The van der Waals surface area contributed by atoms with Crippen LogP contribution in [0.2, 0.25) is 0 Å². The predicted molar refractivity (Wildman–Crippen MR) is 300 cm³/mol. The summed E-state index contributed by atoms with van der Waals surface area (Å²) >= 11 is 3.30. The van der Waals surface area contributed by atoms with Crippen LogP contribution in [0.1, 0.15) is 98.7 Å². The number of hydrogen-bond donors (Lipinski definition) is 1. The normalized spacial score (nSPS) is 15.1. The number of nitrogens with one attached hydrogen (secondary N) is 1. The van der Waals surface area contributed by atoms with Crippen molar-refractivity contribution in [1.82, 2.24) is 39.8 Å². The van der Waals surface area contributed by atoms with Crippen molar-refractivity contribution in [3.63, 3.8) is 0 Å². The van der Waals surface area contributed by atoms with E-state index in [1.165, 1.54) is 39.2 Å². The number of para-hydroxylation sites is 2. The zero-order valence-corrected chi connectivity index (χ0v) is 44.2. The van der Waals surface area contributed by atoms with Gasteiger partial charge in [-0.2, -0.15) is 22.7 Å². The zero-order chi connectivity index (χ0) is 50.9. The minimum atomic E-state index is 0.0875. The minimum Gasteiger partial charge on any atom is -0.339 e. The summed E-state index contributed by atoms with van der Waals surface area (Å²) in [5.41, 5.74) is 10.6. The van der Waals surface area contributed by atoms with Crippen molar-refractivity contribution in [3.8, 4) is 0 Å². The van der Waals surface area contributed by atoms with E-state index in [1.807, 2.05) is 97.0 Å². The van der Waals surface area contributed by atoms with E-state index in [0.717, 1.165) is 130 Å². The van der Waals surface area contributed by atoms with Crippen LogP contribution in [-0.4, -0.2) is 131 Å². The van der Waals surface area contributed by atoms with Crippen LogP contribution in [-0.2, 0) is 6.54 Å². The fraction of sp³-hybridized carbons (Fsp3) is 0.317. The van der Waals surface area contributed by atoms with Gasteiger partial charge in [0.2, 0.25) is 0 Å². The molecule has 0 aliphatic carbocycles. The third-order valence-corrected chi connectivity index (χ3v) is 15.4. The molecule has 1 N–H and O–H groups in total. The van der Waals surface area contributed by atoms with Crippen molar-refractivity contribution in [2.24, 2.45) is 0 Å². The van der Waals surface area contributed by atoms with E-state index in [2.05, 4.69) is 110 Å². The quantitative estimate of drug-likeness (QED) is 0.101. The molecule has 2 aliphatic heterocycles. The fourth-order valence-electron chi connectivity index (χ4n) is 9.98. The first-order valence-corrected chi connectivity index (χ1v) is 27.6. The van der Waals surface area contributed by atoms with Gasteiger partial charge in [0.1, 0.15) is 0 Å². The topological polar surface area (TPSA) is 105 Å². The molecule has 2 atom stereocenters. The molecule has 13 heteroatoms. The van der Waals surface area contributed by atoms with Crippen LogP contribution in [0.4, 0.5) is 0 Å². The van der Waals surface area contributed by atoms with Gasteiger partial charge in [-0.15, -0.1) is 0 Å². The number of thiophene rings is 2. The standard InChI is InChI=1S/C30H34N4OS.C25H30N4O.C5H4OS/c1-3-33(4-2)30(35)26-12-10-25(11-13-26)29(27-9-5-7-24-8-6-15-31-28(24)27)34-18-16-32(17-19-34)21-23-14-20-36-22-23;1-3-28(4-2)25(30)21-12-10-20(11-13-21)24(29-17-15-26-16-18-29)22-9-5-7-19-8-6-14-27-23(19)22;6-3-5-1-2-7-4-5/h5-15,20,22,29H,3-4,16-19,21H2,1-2H3;5-14,24,26H,3-4,15-18H2,1-2H3;1-4H. The molecule has 11 nitrogen and oxygen atoms in total. The second-order valence-corrected chi connectivity index (χ2v) is 19.8. The molecule has 4 aromatic heterocycles. The van der Waals surface area contributed by atoms with Gasteiger partial charge in [-0.25, -0.2) is 0 Å². The number of pyridine rings is 2. The van der Waals surface area contributed by atoms with E-state index in [4.69, 9.17) is 9.97 Å². The SMILES string of the molecule is CCN(CC)C(=O)c1ccc(C(c2cccc3cccnc23)N2CCN(Cc3ccsc3)CC2)cc1.CCN(CC)C(=O)c1ccc(C(c2cccc3cccnc23)N2CCNCC2)cc1.O=Cc1ccsc1. The number of aromatic nitrogens is 2. The molecule has 8 aromatic rings. The lowest BCUT2D eigenvalue weighted by Crippen LogP contribution is -2.47. The molecule has 378 valence electrons. The first-order chi connectivity index (χ1) is 35.8. The van der Waals surface area contributed by atoms with Crippen molar-refractivity contribution in [3.05, 3.63) is 200 Å². The number of fused-ring (bicyclic) bond motifs is 2. The number of rotatable bonds is 15. The lowest BCUT2D eigenvalue weighted by Gasteiger charge is -2.40. The van der Waals surface area contributed by atoms with Crippen LogP contribution in [0.3, 0.4) is 0 Å². The highest BCUT2D eigenvalue weighted by Crippen LogP contribution is 2.35. The van der Waals surface area contributed by atoms with Crippen LogP contribution in [0, 0.1) is 0 Å². The summed E-state index contributed by atoms with van der Waals surface area (Å²) in [7, 11) is 0. The Labute approximate surface area is 439 Å². The highest BCUT2D eigenvalue weighted by atomic mass is 32.1. The van der Waals surface area contributed by atoms with Gasteiger partial charge in [0, 0.05) is 141 Å². The van der Waals surface area contributed by atoms with E-state index in [0.29, 0.717) is 0 Å². The van der Waals surface area contributed by atoms with Gasteiger partial charge in [-0.05, 0) is 109 Å². The third kappa shape index (κ3) is 13.2. The summed E-state index contributed by atoms with van der Waals surface area (Å²) in [5, 5.41) is 13.9. The molecule has 2 unspecified atom stereocenters. The van der Waals surface area contributed by atoms with Crippen molar-refractivity contribution < 1.29 is 14.4 Å². The molecule has 0 radical (unpaired) electrons. The second-order valence-electron chi connectivity index (χ2n) is 18.3. The van der Waals surface area contributed by atoms with Crippen molar-refractivity contribution in [1.29, 1.82) is 0 Å².